The molecule has 0 bridgehead atoms. The van der Waals surface area contributed by atoms with E-state index in [2.05, 4.69) is 15.3 Å². The predicted molar refractivity (Wildman–Crippen MR) is 55.3 cm³/mol. The Kier molecular flexibility index (Phi) is 2.32. The van der Waals surface area contributed by atoms with E-state index in [9.17, 15) is 4.79 Å². The lowest BCUT2D eigenvalue weighted by atomic mass is 10.4. The van der Waals surface area contributed by atoms with E-state index in [0.717, 1.165) is 10.6 Å². The van der Waals surface area contributed by atoms with Crippen LogP contribution in [-0.4, -0.2) is 22.9 Å². The van der Waals surface area contributed by atoms with Crippen LogP contribution < -0.4 is 5.32 Å². The maximum atomic E-state index is 11.2. The van der Waals surface area contributed by atoms with Gasteiger partial charge in [0.15, 0.2) is 5.82 Å². The zero-order chi connectivity index (χ0) is 9.97. The number of aromatic amines is 1. The largest absolute Gasteiger partial charge is 0.352 e. The number of amides is 1. The number of imidazole rings is 1. The van der Waals surface area contributed by atoms with E-state index in [0.29, 0.717) is 5.82 Å². The molecule has 2 aromatic rings. The van der Waals surface area contributed by atoms with Crippen molar-refractivity contribution in [2.75, 3.05) is 7.05 Å². The third kappa shape index (κ3) is 1.54. The lowest BCUT2D eigenvalue weighted by Crippen LogP contribution is -2.19. The van der Waals surface area contributed by atoms with Crippen LogP contribution in [0.3, 0.4) is 0 Å². The second-order valence-electron chi connectivity index (χ2n) is 2.69. The number of hydrogen-bond acceptors (Lipinski definition) is 3. The highest BCUT2D eigenvalue weighted by Gasteiger charge is 2.09. The van der Waals surface area contributed by atoms with Gasteiger partial charge in [-0.15, -0.1) is 11.3 Å². The summed E-state index contributed by atoms with van der Waals surface area (Å²) in [5.74, 6) is 0.142. The average Bonchev–Trinajstić information content (AvgIpc) is 2.86. The second kappa shape index (κ2) is 3.63. The summed E-state index contributed by atoms with van der Waals surface area (Å²) in [6, 6.07) is 3.92. The fourth-order valence-electron chi connectivity index (χ4n) is 1.11. The summed E-state index contributed by atoms with van der Waals surface area (Å²) in [6.07, 6.45) is 1.73. The van der Waals surface area contributed by atoms with E-state index >= 15 is 0 Å². The third-order valence-electron chi connectivity index (χ3n) is 1.79. The van der Waals surface area contributed by atoms with Gasteiger partial charge in [-0.2, -0.15) is 0 Å². The molecule has 0 aliphatic rings. The first-order chi connectivity index (χ1) is 6.81. The standard InChI is InChI=1S/C9H9N3OS/c1-10-9(13)8-11-5-6(12-8)7-3-2-4-14-7/h2-5H,1H3,(H,10,13)(H,11,12). The molecule has 0 saturated heterocycles. The summed E-state index contributed by atoms with van der Waals surface area (Å²) in [5, 5.41) is 4.49. The Labute approximate surface area is 85.0 Å². The van der Waals surface area contributed by atoms with E-state index in [1.807, 2.05) is 17.5 Å². The van der Waals surface area contributed by atoms with E-state index in [1.54, 1.807) is 24.6 Å². The van der Waals surface area contributed by atoms with E-state index < -0.39 is 0 Å². The summed E-state index contributed by atoms with van der Waals surface area (Å²) < 4.78 is 0. The van der Waals surface area contributed by atoms with Crippen LogP contribution in [0.2, 0.25) is 0 Å². The van der Waals surface area contributed by atoms with Gasteiger partial charge in [0.1, 0.15) is 0 Å². The molecular formula is C9H9N3OS. The van der Waals surface area contributed by atoms with Gasteiger partial charge in [-0.05, 0) is 11.4 Å². The minimum atomic E-state index is -0.201. The monoisotopic (exact) mass is 207 g/mol. The van der Waals surface area contributed by atoms with E-state index in [1.165, 1.54) is 0 Å². The molecule has 0 fully saturated rings. The van der Waals surface area contributed by atoms with Crippen LogP contribution in [0, 0.1) is 0 Å². The SMILES string of the molecule is CNC(=O)c1nc(-c2cccs2)c[nH]1. The van der Waals surface area contributed by atoms with Crippen LogP contribution in [0.1, 0.15) is 10.6 Å². The van der Waals surface area contributed by atoms with Gasteiger partial charge in [0.2, 0.25) is 0 Å². The Balaban J connectivity index is 2.31. The van der Waals surface area contributed by atoms with Crippen molar-refractivity contribution in [3.8, 4) is 10.6 Å². The van der Waals surface area contributed by atoms with Crippen LogP contribution in [0.15, 0.2) is 23.7 Å². The van der Waals surface area contributed by atoms with Gasteiger partial charge in [-0.3, -0.25) is 4.79 Å². The van der Waals surface area contributed by atoms with Crippen LogP contribution in [-0.2, 0) is 0 Å². The first kappa shape index (κ1) is 8.96. The van der Waals surface area contributed by atoms with Gasteiger partial charge >= 0.3 is 0 Å². The Morgan fingerprint density at radius 2 is 2.50 bits per heavy atom. The Morgan fingerprint density at radius 3 is 3.14 bits per heavy atom. The van der Waals surface area contributed by atoms with Crippen molar-refractivity contribution in [3.63, 3.8) is 0 Å². The summed E-state index contributed by atoms with van der Waals surface area (Å²) in [6.45, 7) is 0. The first-order valence-corrected chi connectivity index (χ1v) is 5.00. The van der Waals surface area contributed by atoms with Crippen molar-refractivity contribution >= 4 is 17.2 Å². The van der Waals surface area contributed by atoms with Crippen molar-refractivity contribution in [1.82, 2.24) is 15.3 Å². The van der Waals surface area contributed by atoms with Gasteiger partial charge in [0.25, 0.3) is 5.91 Å². The van der Waals surface area contributed by atoms with Crippen LogP contribution in [0.4, 0.5) is 0 Å². The lowest BCUT2D eigenvalue weighted by molar-refractivity contribution is 0.0954. The Bertz CT molecular complexity index is 433. The summed E-state index contributed by atoms with van der Waals surface area (Å²) in [5.41, 5.74) is 0.804. The van der Waals surface area contributed by atoms with Gasteiger partial charge in [-0.1, -0.05) is 6.07 Å². The van der Waals surface area contributed by atoms with E-state index in [4.69, 9.17) is 0 Å². The number of nitrogens with one attached hydrogen (secondary N) is 2. The molecule has 0 radical (unpaired) electrons. The first-order valence-electron chi connectivity index (χ1n) is 4.12. The number of hydrogen-bond donors (Lipinski definition) is 2. The minimum absolute atomic E-state index is 0.201. The molecule has 0 unspecified atom stereocenters. The van der Waals surface area contributed by atoms with Gasteiger partial charge in [0, 0.05) is 13.2 Å². The van der Waals surface area contributed by atoms with E-state index in [-0.39, 0.29) is 5.91 Å². The molecule has 0 spiro atoms. The van der Waals surface area contributed by atoms with Crippen LogP contribution in [0.25, 0.3) is 10.6 Å². The smallest absolute Gasteiger partial charge is 0.286 e. The highest BCUT2D eigenvalue weighted by Crippen LogP contribution is 2.22. The van der Waals surface area contributed by atoms with Crippen molar-refractivity contribution in [3.05, 3.63) is 29.5 Å². The summed E-state index contributed by atoms with van der Waals surface area (Å²) in [4.78, 5) is 19.2. The molecule has 4 nitrogen and oxygen atoms in total. The highest BCUT2D eigenvalue weighted by molar-refractivity contribution is 7.13. The fraction of sp³-hybridized carbons (Fsp3) is 0.111. The average molecular weight is 207 g/mol. The molecule has 0 saturated carbocycles. The van der Waals surface area contributed by atoms with Crippen LogP contribution in [0.5, 0.6) is 0 Å². The number of thiophene rings is 1. The number of rotatable bonds is 2. The number of nitrogens with zero attached hydrogens (tertiary/aromatic N) is 1. The zero-order valence-electron chi connectivity index (χ0n) is 7.57. The Hall–Kier alpha value is -1.62. The molecule has 2 N–H and O–H groups in total. The normalized spacial score (nSPS) is 10.1. The molecule has 1 amide bonds. The maximum Gasteiger partial charge on any atom is 0.286 e. The number of aromatic nitrogens is 2. The minimum Gasteiger partial charge on any atom is -0.352 e. The molecule has 14 heavy (non-hydrogen) atoms. The molecule has 2 rings (SSSR count). The molecular weight excluding hydrogens is 198 g/mol. The molecule has 72 valence electrons. The Morgan fingerprint density at radius 1 is 1.64 bits per heavy atom. The fourth-order valence-corrected chi connectivity index (χ4v) is 1.79. The number of H-pyrrole nitrogens is 1. The van der Waals surface area contributed by atoms with Gasteiger partial charge < -0.3 is 10.3 Å². The summed E-state index contributed by atoms with van der Waals surface area (Å²) in [7, 11) is 1.58. The predicted octanol–water partition coefficient (Wildman–Crippen LogP) is 1.50. The molecule has 0 aromatic carbocycles. The molecule has 0 aliphatic heterocycles. The lowest BCUT2D eigenvalue weighted by Gasteiger charge is -1.91. The number of carbonyl (C=O) groups is 1. The molecule has 2 aromatic heterocycles. The molecule has 5 heteroatoms. The number of carbonyl (C=O) groups excluding carboxylic acids is 1. The topological polar surface area (TPSA) is 57.8 Å². The van der Waals surface area contributed by atoms with Crippen molar-refractivity contribution in [1.29, 1.82) is 0 Å². The maximum absolute atomic E-state index is 11.2. The van der Waals surface area contributed by atoms with Gasteiger partial charge in [-0.25, -0.2) is 4.98 Å². The van der Waals surface area contributed by atoms with Gasteiger partial charge in [0.05, 0.1) is 10.6 Å². The van der Waals surface area contributed by atoms with Crippen molar-refractivity contribution in [2.45, 2.75) is 0 Å². The van der Waals surface area contributed by atoms with Crippen LogP contribution >= 0.6 is 11.3 Å². The summed E-state index contributed by atoms with van der Waals surface area (Å²) >= 11 is 1.59. The second-order valence-corrected chi connectivity index (χ2v) is 3.64. The quantitative estimate of drug-likeness (QED) is 0.784. The third-order valence-corrected chi connectivity index (χ3v) is 2.69. The highest BCUT2D eigenvalue weighted by atomic mass is 32.1. The molecule has 0 aliphatic carbocycles. The molecule has 0 atom stereocenters. The van der Waals surface area contributed by atoms with Crippen molar-refractivity contribution in [2.24, 2.45) is 0 Å². The zero-order valence-corrected chi connectivity index (χ0v) is 8.39. The van der Waals surface area contributed by atoms with Crippen molar-refractivity contribution < 1.29 is 4.79 Å². The molecule has 2 heterocycles.